The highest BCUT2D eigenvalue weighted by Crippen LogP contribution is 2.23. The van der Waals surface area contributed by atoms with E-state index >= 15 is 0 Å². The van der Waals surface area contributed by atoms with Crippen LogP contribution in [0, 0.1) is 19.8 Å². The first-order valence-electron chi connectivity index (χ1n) is 7.17. The number of hydrogen-bond donors (Lipinski definition) is 2. The lowest BCUT2D eigenvalue weighted by Crippen LogP contribution is -2.22. The summed E-state index contributed by atoms with van der Waals surface area (Å²) in [6.45, 7) is 8.15. The number of amides is 1. The Hall–Kier alpha value is -1.51. The van der Waals surface area contributed by atoms with Gasteiger partial charge in [-0.15, -0.1) is 0 Å². The van der Waals surface area contributed by atoms with Crippen LogP contribution in [-0.2, 0) is 4.79 Å². The summed E-state index contributed by atoms with van der Waals surface area (Å²) in [5.74, 6) is 0.237. The molecular weight excluding hydrogens is 236 g/mol. The van der Waals surface area contributed by atoms with Gasteiger partial charge < -0.3 is 11.1 Å². The minimum Gasteiger partial charge on any atom is -0.399 e. The van der Waals surface area contributed by atoms with Crippen molar-refractivity contribution in [3.8, 4) is 0 Å². The Morgan fingerprint density at radius 1 is 1.26 bits per heavy atom. The van der Waals surface area contributed by atoms with Crippen molar-refractivity contribution in [1.29, 1.82) is 0 Å². The van der Waals surface area contributed by atoms with Crippen molar-refractivity contribution < 1.29 is 4.79 Å². The SMILES string of the molecule is CCCCC(CC)C(=O)Nc1cc(C)c(N)cc1C. The maximum absolute atomic E-state index is 12.3. The molecule has 3 N–H and O–H groups in total. The fourth-order valence-corrected chi connectivity index (χ4v) is 2.18. The molecule has 1 atom stereocenters. The number of rotatable bonds is 6. The lowest BCUT2D eigenvalue weighted by atomic mass is 9.98. The van der Waals surface area contributed by atoms with E-state index in [1.165, 1.54) is 0 Å². The van der Waals surface area contributed by atoms with Crippen molar-refractivity contribution >= 4 is 17.3 Å². The zero-order valence-corrected chi connectivity index (χ0v) is 12.5. The summed E-state index contributed by atoms with van der Waals surface area (Å²) in [5.41, 5.74) is 9.53. The second-order valence-corrected chi connectivity index (χ2v) is 5.26. The third kappa shape index (κ3) is 4.27. The van der Waals surface area contributed by atoms with Gasteiger partial charge in [0.05, 0.1) is 0 Å². The highest BCUT2D eigenvalue weighted by molar-refractivity contribution is 5.93. The molecule has 3 nitrogen and oxygen atoms in total. The van der Waals surface area contributed by atoms with Crippen LogP contribution in [-0.4, -0.2) is 5.91 Å². The summed E-state index contributed by atoms with van der Waals surface area (Å²) in [4.78, 5) is 12.3. The fraction of sp³-hybridized carbons (Fsp3) is 0.562. The molecule has 1 aromatic carbocycles. The number of carbonyl (C=O) groups is 1. The maximum atomic E-state index is 12.3. The first-order valence-corrected chi connectivity index (χ1v) is 7.17. The third-order valence-corrected chi connectivity index (χ3v) is 3.64. The van der Waals surface area contributed by atoms with Crippen LogP contribution in [0.1, 0.15) is 50.7 Å². The normalized spacial score (nSPS) is 12.2. The summed E-state index contributed by atoms with van der Waals surface area (Å²) >= 11 is 0. The molecule has 1 amide bonds. The van der Waals surface area contributed by atoms with E-state index in [4.69, 9.17) is 5.73 Å². The van der Waals surface area contributed by atoms with Crippen LogP contribution < -0.4 is 11.1 Å². The predicted octanol–water partition coefficient (Wildman–Crippen LogP) is 4.04. The summed E-state index contributed by atoms with van der Waals surface area (Å²) in [6, 6.07) is 3.87. The Kier molecular flexibility index (Phi) is 5.87. The molecule has 0 aliphatic carbocycles. The zero-order valence-electron chi connectivity index (χ0n) is 12.5. The molecule has 0 aromatic heterocycles. The van der Waals surface area contributed by atoms with Crippen molar-refractivity contribution in [2.45, 2.75) is 53.4 Å². The number of carbonyl (C=O) groups excluding carboxylic acids is 1. The van der Waals surface area contributed by atoms with Gasteiger partial charge in [-0.1, -0.05) is 26.7 Å². The van der Waals surface area contributed by atoms with Gasteiger partial charge in [-0.25, -0.2) is 0 Å². The first-order chi connectivity index (χ1) is 8.99. The number of benzene rings is 1. The summed E-state index contributed by atoms with van der Waals surface area (Å²) in [5, 5.41) is 3.04. The quantitative estimate of drug-likeness (QED) is 0.760. The number of aryl methyl sites for hydroxylation is 2. The smallest absolute Gasteiger partial charge is 0.227 e. The second-order valence-electron chi connectivity index (χ2n) is 5.26. The van der Waals surface area contributed by atoms with E-state index in [1.807, 2.05) is 26.0 Å². The number of nitrogen functional groups attached to an aromatic ring is 1. The van der Waals surface area contributed by atoms with Gasteiger partial charge >= 0.3 is 0 Å². The predicted molar refractivity (Wildman–Crippen MR) is 82.3 cm³/mol. The van der Waals surface area contributed by atoms with E-state index in [0.29, 0.717) is 0 Å². The van der Waals surface area contributed by atoms with Crippen LogP contribution in [0.2, 0.25) is 0 Å². The van der Waals surface area contributed by atoms with Crippen LogP contribution in [0.25, 0.3) is 0 Å². The molecule has 0 radical (unpaired) electrons. The lowest BCUT2D eigenvalue weighted by molar-refractivity contribution is -0.120. The number of nitrogens with two attached hydrogens (primary N) is 1. The number of nitrogens with one attached hydrogen (secondary N) is 1. The highest BCUT2D eigenvalue weighted by atomic mass is 16.1. The summed E-state index contributed by atoms with van der Waals surface area (Å²) in [6.07, 6.45) is 4.08. The van der Waals surface area contributed by atoms with Gasteiger partial charge in [-0.05, 0) is 49.9 Å². The lowest BCUT2D eigenvalue weighted by Gasteiger charge is -2.16. The van der Waals surface area contributed by atoms with E-state index in [-0.39, 0.29) is 11.8 Å². The van der Waals surface area contributed by atoms with E-state index in [9.17, 15) is 4.79 Å². The van der Waals surface area contributed by atoms with Gasteiger partial charge in [0.25, 0.3) is 0 Å². The summed E-state index contributed by atoms with van der Waals surface area (Å²) in [7, 11) is 0. The zero-order chi connectivity index (χ0) is 14.4. The maximum Gasteiger partial charge on any atom is 0.227 e. The largest absolute Gasteiger partial charge is 0.399 e. The first kappa shape index (κ1) is 15.5. The molecule has 0 heterocycles. The van der Waals surface area contributed by atoms with Gasteiger partial charge in [0.15, 0.2) is 0 Å². The van der Waals surface area contributed by atoms with Crippen LogP contribution in [0.5, 0.6) is 0 Å². The van der Waals surface area contributed by atoms with Gasteiger partial charge in [0, 0.05) is 17.3 Å². The highest BCUT2D eigenvalue weighted by Gasteiger charge is 2.16. The van der Waals surface area contributed by atoms with Gasteiger partial charge in [-0.3, -0.25) is 4.79 Å². The monoisotopic (exact) mass is 262 g/mol. The van der Waals surface area contributed by atoms with Gasteiger partial charge in [0.1, 0.15) is 0 Å². The van der Waals surface area contributed by atoms with Crippen molar-refractivity contribution in [1.82, 2.24) is 0 Å². The molecule has 0 saturated carbocycles. The Bertz CT molecular complexity index is 441. The molecule has 1 aromatic rings. The molecule has 0 aliphatic rings. The molecule has 1 rings (SSSR count). The Morgan fingerprint density at radius 2 is 1.95 bits per heavy atom. The molecule has 19 heavy (non-hydrogen) atoms. The minimum atomic E-state index is 0.109. The number of anilines is 2. The average Bonchev–Trinajstić information content (AvgIpc) is 2.37. The second kappa shape index (κ2) is 7.17. The van der Waals surface area contributed by atoms with Crippen molar-refractivity contribution in [3.63, 3.8) is 0 Å². The van der Waals surface area contributed by atoms with E-state index in [0.717, 1.165) is 48.2 Å². The van der Waals surface area contributed by atoms with Crippen LogP contribution in [0.15, 0.2) is 12.1 Å². The molecule has 0 saturated heterocycles. The van der Waals surface area contributed by atoms with Crippen LogP contribution in [0.4, 0.5) is 11.4 Å². The molecule has 3 heteroatoms. The fourth-order valence-electron chi connectivity index (χ4n) is 2.18. The van der Waals surface area contributed by atoms with Gasteiger partial charge in [0.2, 0.25) is 5.91 Å². The molecule has 106 valence electrons. The van der Waals surface area contributed by atoms with Crippen molar-refractivity contribution in [3.05, 3.63) is 23.3 Å². The summed E-state index contributed by atoms with van der Waals surface area (Å²) < 4.78 is 0. The molecule has 0 fully saturated rings. The standard InChI is InChI=1S/C16H26N2O/c1-5-7-8-13(6-2)16(19)18-15-10-11(3)14(17)9-12(15)4/h9-10,13H,5-8,17H2,1-4H3,(H,18,19). The average molecular weight is 262 g/mol. The van der Waals surface area contributed by atoms with Crippen LogP contribution >= 0.6 is 0 Å². The Labute approximate surface area is 116 Å². The number of unbranched alkanes of at least 4 members (excludes halogenated alkanes) is 1. The van der Waals surface area contributed by atoms with E-state index < -0.39 is 0 Å². The molecule has 0 spiro atoms. The molecular formula is C16H26N2O. The molecule has 1 unspecified atom stereocenters. The van der Waals surface area contributed by atoms with Crippen molar-refractivity contribution in [2.24, 2.45) is 5.92 Å². The Morgan fingerprint density at radius 3 is 2.53 bits per heavy atom. The van der Waals surface area contributed by atoms with Gasteiger partial charge in [-0.2, -0.15) is 0 Å². The van der Waals surface area contributed by atoms with Crippen LogP contribution in [0.3, 0.4) is 0 Å². The minimum absolute atomic E-state index is 0.109. The van der Waals surface area contributed by atoms with E-state index in [1.54, 1.807) is 0 Å². The van der Waals surface area contributed by atoms with E-state index in [2.05, 4.69) is 19.2 Å². The molecule has 0 bridgehead atoms. The Balaban J connectivity index is 2.78. The molecule has 0 aliphatic heterocycles. The van der Waals surface area contributed by atoms with Crippen molar-refractivity contribution in [2.75, 3.05) is 11.1 Å². The number of hydrogen-bond acceptors (Lipinski definition) is 2. The topological polar surface area (TPSA) is 55.1 Å². The third-order valence-electron chi connectivity index (χ3n) is 3.64.